The number of nitrogens with zero attached hydrogens (tertiary/aromatic N) is 1. The average Bonchev–Trinajstić information content (AvgIpc) is 2.46. The van der Waals surface area contributed by atoms with Crippen molar-refractivity contribution < 1.29 is 4.74 Å². The molecule has 0 saturated heterocycles. The van der Waals surface area contributed by atoms with E-state index in [-0.39, 0.29) is 0 Å². The summed E-state index contributed by atoms with van der Waals surface area (Å²) in [5.74, 6) is 0.986. The number of likely N-dealkylation sites (N-methyl/N-ethyl adjacent to an activating group) is 1. The highest BCUT2D eigenvalue weighted by Gasteiger charge is 2.04. The van der Waals surface area contributed by atoms with Gasteiger partial charge in [-0.05, 0) is 44.5 Å². The van der Waals surface area contributed by atoms with Gasteiger partial charge in [-0.15, -0.1) is 0 Å². The Bertz CT molecular complexity index is 536. The van der Waals surface area contributed by atoms with E-state index in [9.17, 15) is 0 Å². The number of hydrogen-bond acceptors (Lipinski definition) is 2. The number of aryl methyl sites for hydroxylation is 2. The molecule has 0 spiro atoms. The molecule has 2 nitrogen and oxygen atoms in total. The highest BCUT2D eigenvalue weighted by atomic mass is 16.5. The van der Waals surface area contributed by atoms with Gasteiger partial charge in [0.15, 0.2) is 0 Å². The third-order valence-corrected chi connectivity index (χ3v) is 3.45. The fraction of sp³-hybridized carbons (Fsp3) is 0.333. The van der Waals surface area contributed by atoms with Gasteiger partial charge < -0.3 is 9.64 Å². The van der Waals surface area contributed by atoms with Crippen LogP contribution in [0.2, 0.25) is 0 Å². The van der Waals surface area contributed by atoms with Gasteiger partial charge in [0.1, 0.15) is 12.4 Å². The molecule has 0 amide bonds. The Morgan fingerprint density at radius 2 is 1.75 bits per heavy atom. The van der Waals surface area contributed by atoms with Crippen LogP contribution in [0.1, 0.15) is 18.1 Å². The quantitative estimate of drug-likeness (QED) is 0.779. The van der Waals surface area contributed by atoms with E-state index < -0.39 is 0 Å². The summed E-state index contributed by atoms with van der Waals surface area (Å²) in [5.41, 5.74) is 3.72. The molecular formula is C18H23NO. The van der Waals surface area contributed by atoms with Gasteiger partial charge >= 0.3 is 0 Å². The van der Waals surface area contributed by atoms with E-state index in [1.165, 1.54) is 16.8 Å². The summed E-state index contributed by atoms with van der Waals surface area (Å²) >= 11 is 0. The van der Waals surface area contributed by atoms with Crippen LogP contribution in [0.5, 0.6) is 5.75 Å². The van der Waals surface area contributed by atoms with Crippen molar-refractivity contribution in [2.75, 3.05) is 24.6 Å². The molecular weight excluding hydrogens is 246 g/mol. The van der Waals surface area contributed by atoms with E-state index in [1.54, 1.807) is 0 Å². The first-order valence-electron chi connectivity index (χ1n) is 7.20. The first kappa shape index (κ1) is 14.4. The van der Waals surface area contributed by atoms with Crippen LogP contribution in [-0.2, 0) is 0 Å². The normalized spacial score (nSPS) is 10.3. The third kappa shape index (κ3) is 3.77. The van der Waals surface area contributed by atoms with E-state index in [1.807, 2.05) is 6.07 Å². The number of para-hydroxylation sites is 1. The van der Waals surface area contributed by atoms with Crippen LogP contribution in [0.15, 0.2) is 48.5 Å². The van der Waals surface area contributed by atoms with Gasteiger partial charge in [-0.3, -0.25) is 0 Å². The molecule has 0 fully saturated rings. The van der Waals surface area contributed by atoms with Crippen LogP contribution in [0, 0.1) is 13.8 Å². The van der Waals surface area contributed by atoms with Crippen molar-refractivity contribution in [2.24, 2.45) is 0 Å². The summed E-state index contributed by atoms with van der Waals surface area (Å²) < 4.78 is 5.90. The van der Waals surface area contributed by atoms with Gasteiger partial charge in [0, 0.05) is 12.2 Å². The molecule has 0 atom stereocenters. The maximum absolute atomic E-state index is 5.90. The summed E-state index contributed by atoms with van der Waals surface area (Å²) in [7, 11) is 0. The van der Waals surface area contributed by atoms with Gasteiger partial charge in [0.2, 0.25) is 0 Å². The second-order valence-corrected chi connectivity index (χ2v) is 5.03. The molecule has 0 saturated carbocycles. The minimum atomic E-state index is 0.701. The smallest absolute Gasteiger partial charge is 0.122 e. The van der Waals surface area contributed by atoms with E-state index in [4.69, 9.17) is 4.74 Å². The van der Waals surface area contributed by atoms with E-state index >= 15 is 0 Å². The van der Waals surface area contributed by atoms with Crippen molar-refractivity contribution >= 4 is 5.69 Å². The molecule has 106 valence electrons. The maximum Gasteiger partial charge on any atom is 0.122 e. The van der Waals surface area contributed by atoms with Gasteiger partial charge in [0.05, 0.1) is 6.54 Å². The first-order valence-corrected chi connectivity index (χ1v) is 7.20. The SMILES string of the molecule is CCN(CCOc1ccc(C)cc1C)c1ccccc1. The van der Waals surface area contributed by atoms with Gasteiger partial charge in [-0.1, -0.05) is 35.9 Å². The number of ether oxygens (including phenoxy) is 1. The predicted molar refractivity (Wildman–Crippen MR) is 85.7 cm³/mol. The Balaban J connectivity index is 1.91. The summed E-state index contributed by atoms with van der Waals surface area (Å²) in [6.07, 6.45) is 0. The first-order chi connectivity index (χ1) is 9.70. The van der Waals surface area contributed by atoms with Crippen LogP contribution in [0.4, 0.5) is 5.69 Å². The van der Waals surface area contributed by atoms with Crippen LogP contribution in [0.25, 0.3) is 0 Å². The summed E-state index contributed by atoms with van der Waals surface area (Å²) in [5, 5.41) is 0. The molecule has 2 aromatic rings. The van der Waals surface area contributed by atoms with Gasteiger partial charge in [-0.25, -0.2) is 0 Å². The molecule has 0 bridgehead atoms. The molecule has 0 N–H and O–H groups in total. The van der Waals surface area contributed by atoms with Crippen LogP contribution in [-0.4, -0.2) is 19.7 Å². The maximum atomic E-state index is 5.90. The largest absolute Gasteiger partial charge is 0.491 e. The third-order valence-electron chi connectivity index (χ3n) is 3.45. The highest BCUT2D eigenvalue weighted by Crippen LogP contribution is 2.19. The second kappa shape index (κ2) is 6.99. The van der Waals surface area contributed by atoms with Crippen molar-refractivity contribution in [3.63, 3.8) is 0 Å². The lowest BCUT2D eigenvalue weighted by atomic mass is 10.1. The monoisotopic (exact) mass is 269 g/mol. The van der Waals surface area contributed by atoms with Crippen LogP contribution in [0.3, 0.4) is 0 Å². The van der Waals surface area contributed by atoms with Crippen molar-refractivity contribution in [1.29, 1.82) is 0 Å². The second-order valence-electron chi connectivity index (χ2n) is 5.03. The Hall–Kier alpha value is -1.96. The topological polar surface area (TPSA) is 12.5 Å². The standard InChI is InChI=1S/C18H23NO/c1-4-19(17-8-6-5-7-9-17)12-13-20-18-11-10-15(2)14-16(18)3/h5-11,14H,4,12-13H2,1-3H3. The van der Waals surface area contributed by atoms with Gasteiger partial charge in [-0.2, -0.15) is 0 Å². The highest BCUT2D eigenvalue weighted by molar-refractivity contribution is 5.45. The fourth-order valence-corrected chi connectivity index (χ4v) is 2.34. The number of benzene rings is 2. The predicted octanol–water partition coefficient (Wildman–Crippen LogP) is 4.21. The zero-order chi connectivity index (χ0) is 14.4. The molecule has 2 rings (SSSR count). The number of rotatable bonds is 6. The Kier molecular flexibility index (Phi) is 5.05. The molecule has 20 heavy (non-hydrogen) atoms. The lowest BCUT2D eigenvalue weighted by Crippen LogP contribution is -2.28. The molecule has 0 aliphatic heterocycles. The van der Waals surface area contributed by atoms with Crippen molar-refractivity contribution in [2.45, 2.75) is 20.8 Å². The minimum Gasteiger partial charge on any atom is -0.491 e. The molecule has 0 aliphatic rings. The molecule has 0 aromatic heterocycles. The summed E-state index contributed by atoms with van der Waals surface area (Å²) in [6, 6.07) is 16.8. The Morgan fingerprint density at radius 3 is 2.40 bits per heavy atom. The molecule has 0 heterocycles. The van der Waals surface area contributed by atoms with E-state index in [2.05, 4.69) is 68.1 Å². The molecule has 0 unspecified atom stereocenters. The zero-order valence-electron chi connectivity index (χ0n) is 12.6. The average molecular weight is 269 g/mol. The lowest BCUT2D eigenvalue weighted by Gasteiger charge is -2.23. The number of hydrogen-bond donors (Lipinski definition) is 0. The van der Waals surface area contributed by atoms with Crippen LogP contribution < -0.4 is 9.64 Å². The van der Waals surface area contributed by atoms with Crippen molar-refractivity contribution in [3.8, 4) is 5.75 Å². The van der Waals surface area contributed by atoms with Crippen molar-refractivity contribution in [1.82, 2.24) is 0 Å². The molecule has 0 radical (unpaired) electrons. The van der Waals surface area contributed by atoms with E-state index in [0.29, 0.717) is 6.61 Å². The van der Waals surface area contributed by atoms with E-state index in [0.717, 1.165) is 18.8 Å². The minimum absolute atomic E-state index is 0.701. The fourth-order valence-electron chi connectivity index (χ4n) is 2.34. The Morgan fingerprint density at radius 1 is 1.00 bits per heavy atom. The summed E-state index contributed by atoms with van der Waals surface area (Å²) in [4.78, 5) is 2.32. The summed E-state index contributed by atoms with van der Waals surface area (Å²) in [6.45, 7) is 8.95. The molecule has 2 heteroatoms. The van der Waals surface area contributed by atoms with Crippen molar-refractivity contribution in [3.05, 3.63) is 59.7 Å². The van der Waals surface area contributed by atoms with Crippen LogP contribution >= 0.6 is 0 Å². The zero-order valence-corrected chi connectivity index (χ0v) is 12.6. The molecule has 0 aliphatic carbocycles. The van der Waals surface area contributed by atoms with Gasteiger partial charge in [0.25, 0.3) is 0 Å². The lowest BCUT2D eigenvalue weighted by molar-refractivity contribution is 0.322. The molecule has 2 aromatic carbocycles. The number of anilines is 1. The Labute approximate surface area is 122 Å².